The minimum Gasteiger partial charge on any atom is -0.399 e. The highest BCUT2D eigenvalue weighted by Crippen LogP contribution is 2.12. The van der Waals surface area contributed by atoms with Crippen LogP contribution in [0.5, 0.6) is 0 Å². The molecule has 5 nitrogen and oxygen atoms in total. The Morgan fingerprint density at radius 1 is 1.14 bits per heavy atom. The first kappa shape index (κ1) is 13.2. The quantitative estimate of drug-likeness (QED) is 0.639. The van der Waals surface area contributed by atoms with E-state index in [-0.39, 0.29) is 5.56 Å². The summed E-state index contributed by atoms with van der Waals surface area (Å²) in [5.41, 5.74) is 7.92. The van der Waals surface area contributed by atoms with Crippen molar-refractivity contribution in [1.29, 1.82) is 0 Å². The highest BCUT2D eigenvalue weighted by Gasteiger charge is 2.03. The number of hydrogen-bond acceptors (Lipinski definition) is 4. The molecule has 3 rings (SSSR count). The SMILES string of the molecule is Nc1ccc2nc(NCCc3ccccc3)[nH]c(=O)c2c1. The fourth-order valence-corrected chi connectivity index (χ4v) is 2.21. The molecule has 21 heavy (non-hydrogen) atoms. The van der Waals surface area contributed by atoms with Crippen LogP contribution in [0, 0.1) is 0 Å². The zero-order chi connectivity index (χ0) is 14.7. The third-order valence-electron chi connectivity index (χ3n) is 3.28. The summed E-state index contributed by atoms with van der Waals surface area (Å²) in [7, 11) is 0. The molecule has 1 heterocycles. The predicted molar refractivity (Wildman–Crippen MR) is 85.4 cm³/mol. The number of aromatic amines is 1. The molecule has 0 saturated heterocycles. The van der Waals surface area contributed by atoms with Crippen molar-refractivity contribution in [1.82, 2.24) is 9.97 Å². The van der Waals surface area contributed by atoms with Gasteiger partial charge in [0.2, 0.25) is 5.95 Å². The Kier molecular flexibility index (Phi) is 3.55. The highest BCUT2D eigenvalue weighted by molar-refractivity contribution is 5.81. The van der Waals surface area contributed by atoms with E-state index in [9.17, 15) is 4.79 Å². The third-order valence-corrected chi connectivity index (χ3v) is 3.28. The van der Waals surface area contributed by atoms with Gasteiger partial charge in [-0.2, -0.15) is 0 Å². The second-order valence-electron chi connectivity index (χ2n) is 4.85. The average Bonchev–Trinajstić information content (AvgIpc) is 2.49. The fraction of sp³-hybridized carbons (Fsp3) is 0.125. The van der Waals surface area contributed by atoms with Crippen molar-refractivity contribution in [3.63, 3.8) is 0 Å². The van der Waals surface area contributed by atoms with Gasteiger partial charge in [0.15, 0.2) is 0 Å². The molecule has 0 bridgehead atoms. The van der Waals surface area contributed by atoms with Gasteiger partial charge in [-0.1, -0.05) is 30.3 Å². The summed E-state index contributed by atoms with van der Waals surface area (Å²) >= 11 is 0. The molecule has 0 atom stereocenters. The van der Waals surface area contributed by atoms with Gasteiger partial charge >= 0.3 is 0 Å². The lowest BCUT2D eigenvalue weighted by molar-refractivity contribution is 0.985. The molecule has 0 spiro atoms. The molecule has 3 aromatic rings. The van der Waals surface area contributed by atoms with Crippen LogP contribution in [-0.4, -0.2) is 16.5 Å². The molecule has 0 unspecified atom stereocenters. The second-order valence-corrected chi connectivity index (χ2v) is 4.85. The maximum Gasteiger partial charge on any atom is 0.260 e. The molecule has 0 aliphatic rings. The van der Waals surface area contributed by atoms with Crippen LogP contribution in [0.4, 0.5) is 11.6 Å². The van der Waals surface area contributed by atoms with Crippen molar-refractivity contribution in [3.8, 4) is 0 Å². The predicted octanol–water partition coefficient (Wildman–Crippen LogP) is 2.16. The molecule has 1 aromatic heterocycles. The number of H-pyrrole nitrogens is 1. The van der Waals surface area contributed by atoms with Crippen LogP contribution in [0.3, 0.4) is 0 Å². The summed E-state index contributed by atoms with van der Waals surface area (Å²) in [6.45, 7) is 0.702. The van der Waals surface area contributed by atoms with Crippen LogP contribution in [-0.2, 0) is 6.42 Å². The normalized spacial score (nSPS) is 10.7. The minimum absolute atomic E-state index is 0.186. The number of nitrogens with zero attached hydrogens (tertiary/aromatic N) is 1. The molecular weight excluding hydrogens is 264 g/mol. The van der Waals surface area contributed by atoms with Crippen LogP contribution >= 0.6 is 0 Å². The second kappa shape index (κ2) is 5.66. The van der Waals surface area contributed by atoms with Crippen LogP contribution in [0.2, 0.25) is 0 Å². The number of fused-ring (bicyclic) bond motifs is 1. The van der Waals surface area contributed by atoms with E-state index in [2.05, 4.69) is 27.4 Å². The largest absolute Gasteiger partial charge is 0.399 e. The molecule has 5 heteroatoms. The van der Waals surface area contributed by atoms with Gasteiger partial charge in [-0.15, -0.1) is 0 Å². The zero-order valence-electron chi connectivity index (χ0n) is 11.5. The van der Waals surface area contributed by atoms with E-state index < -0.39 is 0 Å². The number of anilines is 2. The van der Waals surface area contributed by atoms with Crippen molar-refractivity contribution in [2.75, 3.05) is 17.6 Å². The smallest absolute Gasteiger partial charge is 0.260 e. The molecule has 2 aromatic carbocycles. The standard InChI is InChI=1S/C16H16N4O/c17-12-6-7-14-13(10-12)15(21)20-16(19-14)18-9-8-11-4-2-1-3-5-11/h1-7,10H,8-9,17H2,(H2,18,19,20,21). The fourth-order valence-electron chi connectivity index (χ4n) is 2.21. The first-order valence-corrected chi connectivity index (χ1v) is 6.80. The lowest BCUT2D eigenvalue weighted by Gasteiger charge is -2.07. The maximum atomic E-state index is 12.0. The highest BCUT2D eigenvalue weighted by atomic mass is 16.1. The molecule has 4 N–H and O–H groups in total. The Hall–Kier alpha value is -2.82. The van der Waals surface area contributed by atoms with E-state index in [0.29, 0.717) is 29.1 Å². The number of nitrogens with one attached hydrogen (secondary N) is 2. The van der Waals surface area contributed by atoms with Crippen LogP contribution in [0.25, 0.3) is 10.9 Å². The van der Waals surface area contributed by atoms with E-state index in [1.165, 1.54) is 5.56 Å². The average molecular weight is 280 g/mol. The first-order chi connectivity index (χ1) is 10.2. The first-order valence-electron chi connectivity index (χ1n) is 6.80. The molecule has 106 valence electrons. The van der Waals surface area contributed by atoms with Gasteiger partial charge in [0.25, 0.3) is 5.56 Å². The molecule has 0 radical (unpaired) electrons. The van der Waals surface area contributed by atoms with Gasteiger partial charge < -0.3 is 11.1 Å². The van der Waals surface area contributed by atoms with E-state index in [0.717, 1.165) is 6.42 Å². The van der Waals surface area contributed by atoms with Crippen molar-refractivity contribution >= 4 is 22.5 Å². The molecular formula is C16H16N4O. The van der Waals surface area contributed by atoms with Gasteiger partial charge in [0.1, 0.15) is 0 Å². The van der Waals surface area contributed by atoms with Gasteiger partial charge in [-0.05, 0) is 30.2 Å². The molecule has 0 amide bonds. The van der Waals surface area contributed by atoms with Gasteiger partial charge in [-0.3, -0.25) is 9.78 Å². The minimum atomic E-state index is -0.186. The lowest BCUT2D eigenvalue weighted by atomic mass is 10.1. The maximum absolute atomic E-state index is 12.0. The third kappa shape index (κ3) is 3.02. The molecule has 0 aliphatic heterocycles. The van der Waals surface area contributed by atoms with E-state index in [1.807, 2.05) is 18.2 Å². The summed E-state index contributed by atoms with van der Waals surface area (Å²) in [4.78, 5) is 19.1. The van der Waals surface area contributed by atoms with Gasteiger partial charge in [0, 0.05) is 12.2 Å². The number of nitrogens with two attached hydrogens (primary N) is 1. The van der Waals surface area contributed by atoms with Crippen LogP contribution in [0.1, 0.15) is 5.56 Å². The lowest BCUT2D eigenvalue weighted by Crippen LogP contribution is -2.15. The Morgan fingerprint density at radius 3 is 2.76 bits per heavy atom. The molecule has 0 aliphatic carbocycles. The number of aromatic nitrogens is 2. The van der Waals surface area contributed by atoms with Crippen molar-refractivity contribution in [3.05, 3.63) is 64.4 Å². The Labute approximate surface area is 121 Å². The van der Waals surface area contributed by atoms with Crippen LogP contribution < -0.4 is 16.6 Å². The summed E-state index contributed by atoms with van der Waals surface area (Å²) in [5.74, 6) is 0.480. The van der Waals surface area contributed by atoms with Gasteiger partial charge in [-0.25, -0.2) is 4.98 Å². The topological polar surface area (TPSA) is 83.8 Å². The van der Waals surface area contributed by atoms with Crippen LogP contribution in [0.15, 0.2) is 53.3 Å². The Morgan fingerprint density at radius 2 is 1.95 bits per heavy atom. The van der Waals surface area contributed by atoms with Crippen molar-refractivity contribution < 1.29 is 0 Å². The number of rotatable bonds is 4. The number of hydrogen-bond donors (Lipinski definition) is 3. The molecule has 0 fully saturated rings. The van der Waals surface area contributed by atoms with Crippen molar-refractivity contribution in [2.24, 2.45) is 0 Å². The summed E-state index contributed by atoms with van der Waals surface area (Å²) in [6.07, 6.45) is 0.865. The van der Waals surface area contributed by atoms with Gasteiger partial charge in [0.05, 0.1) is 10.9 Å². The Bertz CT molecular complexity index is 811. The summed E-state index contributed by atoms with van der Waals surface area (Å²) in [6, 6.07) is 15.3. The van der Waals surface area contributed by atoms with E-state index >= 15 is 0 Å². The summed E-state index contributed by atoms with van der Waals surface area (Å²) in [5, 5.41) is 3.65. The number of benzene rings is 2. The number of nitrogen functional groups attached to an aromatic ring is 1. The van der Waals surface area contributed by atoms with Crippen molar-refractivity contribution in [2.45, 2.75) is 6.42 Å². The van der Waals surface area contributed by atoms with E-state index in [1.54, 1.807) is 18.2 Å². The molecule has 0 saturated carbocycles. The van der Waals surface area contributed by atoms with E-state index in [4.69, 9.17) is 5.73 Å². The Balaban J connectivity index is 1.76. The summed E-state index contributed by atoms with van der Waals surface area (Å²) < 4.78 is 0. The zero-order valence-corrected chi connectivity index (χ0v) is 11.5. The monoisotopic (exact) mass is 280 g/mol.